The molecule has 1 rings (SSSR count). The van der Waals surface area contributed by atoms with Gasteiger partial charge in [0.2, 0.25) is 5.91 Å². The molecule has 1 aromatic rings. The van der Waals surface area contributed by atoms with Gasteiger partial charge < -0.3 is 5.32 Å². The molecule has 0 saturated carbocycles. The van der Waals surface area contributed by atoms with Crippen molar-refractivity contribution in [3.05, 3.63) is 35.6 Å². The van der Waals surface area contributed by atoms with Crippen molar-refractivity contribution in [1.29, 1.82) is 0 Å². The van der Waals surface area contributed by atoms with Crippen LogP contribution in [0, 0.1) is 18.2 Å². The van der Waals surface area contributed by atoms with Crippen LogP contribution in [0.1, 0.15) is 24.7 Å². The lowest BCUT2D eigenvalue weighted by molar-refractivity contribution is -0.120. The Labute approximate surface area is 111 Å². The van der Waals surface area contributed by atoms with E-state index in [0.717, 1.165) is 0 Å². The molecule has 2 nitrogen and oxygen atoms in total. The minimum absolute atomic E-state index is 0.0854. The fraction of sp³-hybridized carbons (Fsp3) is 0.357. The summed E-state index contributed by atoms with van der Waals surface area (Å²) in [5.41, 5.74) is 0.610. The molecule has 2 atom stereocenters. The van der Waals surface area contributed by atoms with E-state index in [2.05, 4.69) is 11.2 Å². The first-order valence-corrected chi connectivity index (χ1v) is 6.61. The van der Waals surface area contributed by atoms with Crippen molar-refractivity contribution >= 4 is 17.7 Å². The van der Waals surface area contributed by atoms with Gasteiger partial charge >= 0.3 is 0 Å². The highest BCUT2D eigenvalue weighted by Crippen LogP contribution is 2.32. The van der Waals surface area contributed by atoms with Gasteiger partial charge in [0.1, 0.15) is 5.82 Å². The van der Waals surface area contributed by atoms with Crippen molar-refractivity contribution in [2.24, 2.45) is 0 Å². The Balaban J connectivity index is 2.60. The Bertz CT molecular complexity index is 455. The summed E-state index contributed by atoms with van der Waals surface area (Å²) in [4.78, 5) is 11.6. The van der Waals surface area contributed by atoms with Gasteiger partial charge in [-0.3, -0.25) is 4.79 Å². The number of nitrogens with one attached hydrogen (secondary N) is 1. The van der Waals surface area contributed by atoms with Gasteiger partial charge in [-0.15, -0.1) is 18.2 Å². The van der Waals surface area contributed by atoms with E-state index >= 15 is 0 Å². The molecule has 0 aromatic heterocycles. The lowest BCUT2D eigenvalue weighted by Crippen LogP contribution is -2.31. The molecule has 1 aromatic carbocycles. The number of benzene rings is 1. The van der Waals surface area contributed by atoms with Gasteiger partial charge in [-0.25, -0.2) is 4.39 Å². The van der Waals surface area contributed by atoms with Crippen LogP contribution in [0.5, 0.6) is 0 Å². The summed E-state index contributed by atoms with van der Waals surface area (Å²) in [6, 6.07) is 6.60. The average molecular weight is 265 g/mol. The van der Waals surface area contributed by atoms with Gasteiger partial charge in [0, 0.05) is 10.8 Å². The maximum atomic E-state index is 13.6. The molecule has 0 aliphatic heterocycles. The first kappa shape index (κ1) is 14.6. The maximum Gasteiger partial charge on any atom is 0.233 e. The van der Waals surface area contributed by atoms with Crippen LogP contribution in [0.25, 0.3) is 0 Å². The van der Waals surface area contributed by atoms with Crippen molar-refractivity contribution in [2.45, 2.75) is 24.3 Å². The Morgan fingerprint density at radius 3 is 2.78 bits per heavy atom. The molecule has 0 aliphatic rings. The van der Waals surface area contributed by atoms with Gasteiger partial charge in [0.25, 0.3) is 0 Å². The van der Waals surface area contributed by atoms with E-state index in [1.807, 2.05) is 6.92 Å². The molecule has 0 bridgehead atoms. The van der Waals surface area contributed by atoms with E-state index in [4.69, 9.17) is 6.42 Å². The fourth-order valence-corrected chi connectivity index (χ4v) is 2.69. The highest BCUT2D eigenvalue weighted by molar-refractivity contribution is 8.00. The molecular weight excluding hydrogens is 249 g/mol. The molecule has 0 heterocycles. The summed E-state index contributed by atoms with van der Waals surface area (Å²) in [6.07, 6.45) is 5.07. The largest absolute Gasteiger partial charge is 0.344 e. The summed E-state index contributed by atoms with van der Waals surface area (Å²) in [5.74, 6) is 1.98. The minimum atomic E-state index is -0.270. The van der Waals surface area contributed by atoms with E-state index in [0.29, 0.717) is 5.56 Å². The fourth-order valence-electron chi connectivity index (χ4n) is 1.53. The summed E-state index contributed by atoms with van der Waals surface area (Å²) < 4.78 is 13.6. The molecule has 1 amide bonds. The molecule has 18 heavy (non-hydrogen) atoms. The number of hydrogen-bond donors (Lipinski definition) is 1. The number of halogens is 1. The Morgan fingerprint density at radius 1 is 1.50 bits per heavy atom. The van der Waals surface area contributed by atoms with Crippen LogP contribution >= 0.6 is 11.8 Å². The standard InChI is InChI=1S/C14H16FNOS/c1-4-9-16-14(17)11(3)18-10(2)12-7-5-6-8-13(12)15/h1,5-8,10-11H,9H2,2-3H3,(H,16,17)/t10-,11-/m0/s1. The first-order chi connectivity index (χ1) is 8.56. The predicted octanol–water partition coefficient (Wildman–Crippen LogP) is 2.76. The number of thioether (sulfide) groups is 1. The molecule has 0 spiro atoms. The van der Waals surface area contributed by atoms with E-state index in [1.165, 1.54) is 17.8 Å². The molecular formula is C14H16FNOS. The normalized spacial score (nSPS) is 13.4. The summed E-state index contributed by atoms with van der Waals surface area (Å²) in [7, 11) is 0. The van der Waals surface area contributed by atoms with Crippen LogP contribution in [0.4, 0.5) is 4.39 Å². The topological polar surface area (TPSA) is 29.1 Å². The minimum Gasteiger partial charge on any atom is -0.344 e. The average Bonchev–Trinajstić information content (AvgIpc) is 2.36. The third-order valence-electron chi connectivity index (χ3n) is 2.49. The second-order valence-electron chi connectivity index (χ2n) is 3.86. The highest BCUT2D eigenvalue weighted by Gasteiger charge is 2.19. The van der Waals surface area contributed by atoms with Crippen molar-refractivity contribution in [1.82, 2.24) is 5.32 Å². The molecule has 0 fully saturated rings. The van der Waals surface area contributed by atoms with Gasteiger partial charge in [0.05, 0.1) is 11.8 Å². The van der Waals surface area contributed by atoms with Crippen molar-refractivity contribution in [3.63, 3.8) is 0 Å². The Kier molecular flexibility index (Phi) is 5.73. The van der Waals surface area contributed by atoms with Crippen LogP contribution in [0.2, 0.25) is 0 Å². The van der Waals surface area contributed by atoms with Crippen LogP contribution in [0.15, 0.2) is 24.3 Å². The molecule has 0 saturated heterocycles. The van der Waals surface area contributed by atoms with Crippen LogP contribution in [-0.4, -0.2) is 17.7 Å². The monoisotopic (exact) mass is 265 g/mol. The summed E-state index contributed by atoms with van der Waals surface area (Å²) in [6.45, 7) is 3.89. The lowest BCUT2D eigenvalue weighted by atomic mass is 10.1. The smallest absolute Gasteiger partial charge is 0.233 e. The van der Waals surface area contributed by atoms with Crippen LogP contribution in [0.3, 0.4) is 0 Å². The van der Waals surface area contributed by atoms with E-state index in [-0.39, 0.29) is 28.8 Å². The number of carbonyl (C=O) groups is 1. The predicted molar refractivity (Wildman–Crippen MR) is 73.7 cm³/mol. The summed E-state index contributed by atoms with van der Waals surface area (Å²) >= 11 is 1.40. The third kappa shape index (κ3) is 4.08. The second-order valence-corrected chi connectivity index (χ2v) is 5.55. The first-order valence-electron chi connectivity index (χ1n) is 5.67. The van der Waals surface area contributed by atoms with E-state index < -0.39 is 0 Å². The molecule has 1 N–H and O–H groups in total. The lowest BCUT2D eigenvalue weighted by Gasteiger charge is -2.17. The van der Waals surface area contributed by atoms with Crippen LogP contribution < -0.4 is 5.32 Å². The molecule has 0 radical (unpaired) electrons. The number of carbonyl (C=O) groups excluding carboxylic acids is 1. The van der Waals surface area contributed by atoms with Gasteiger partial charge in [-0.05, 0) is 19.9 Å². The molecule has 4 heteroatoms. The van der Waals surface area contributed by atoms with Crippen LogP contribution in [-0.2, 0) is 4.79 Å². The summed E-state index contributed by atoms with van der Waals surface area (Å²) in [5, 5.41) is 2.26. The SMILES string of the molecule is C#CCNC(=O)[C@H](C)S[C@@H](C)c1ccccc1F. The molecule has 96 valence electrons. The van der Waals surface area contributed by atoms with Crippen molar-refractivity contribution < 1.29 is 9.18 Å². The second kappa shape index (κ2) is 7.07. The highest BCUT2D eigenvalue weighted by atomic mass is 32.2. The zero-order chi connectivity index (χ0) is 13.5. The third-order valence-corrected chi connectivity index (χ3v) is 3.77. The van der Waals surface area contributed by atoms with E-state index in [1.54, 1.807) is 25.1 Å². The Hall–Kier alpha value is -1.47. The van der Waals surface area contributed by atoms with E-state index in [9.17, 15) is 9.18 Å². The zero-order valence-corrected chi connectivity index (χ0v) is 11.3. The van der Waals surface area contributed by atoms with Gasteiger partial charge in [-0.2, -0.15) is 0 Å². The quantitative estimate of drug-likeness (QED) is 0.829. The van der Waals surface area contributed by atoms with Crippen molar-refractivity contribution in [3.8, 4) is 12.3 Å². The zero-order valence-electron chi connectivity index (χ0n) is 10.4. The molecule has 0 aliphatic carbocycles. The number of terminal acetylenes is 1. The Morgan fingerprint density at radius 2 is 2.17 bits per heavy atom. The number of amides is 1. The maximum absolute atomic E-state index is 13.6. The molecule has 0 unspecified atom stereocenters. The van der Waals surface area contributed by atoms with Crippen molar-refractivity contribution in [2.75, 3.05) is 6.54 Å². The van der Waals surface area contributed by atoms with Gasteiger partial charge in [-0.1, -0.05) is 24.1 Å². The number of hydrogen-bond acceptors (Lipinski definition) is 2. The number of rotatable bonds is 5. The van der Waals surface area contributed by atoms with Gasteiger partial charge in [0.15, 0.2) is 0 Å².